The average Bonchev–Trinajstić information content (AvgIpc) is 2.90. The monoisotopic (exact) mass is 308 g/mol. The molecule has 0 aliphatic carbocycles. The van der Waals surface area contributed by atoms with Gasteiger partial charge in [0.25, 0.3) is 0 Å². The molecule has 3 aromatic rings. The molecule has 0 bridgehead atoms. The maximum Gasteiger partial charge on any atom is 0.417 e. The number of benzene rings is 1. The molecule has 0 saturated carbocycles. The summed E-state index contributed by atoms with van der Waals surface area (Å²) in [5, 5.41) is 14.4. The third kappa shape index (κ3) is 2.26. The lowest BCUT2D eigenvalue weighted by molar-refractivity contribution is -0.389. The molecule has 112 valence electrons. The summed E-state index contributed by atoms with van der Waals surface area (Å²) >= 11 is 0. The van der Waals surface area contributed by atoms with Crippen LogP contribution in [-0.4, -0.2) is 19.7 Å². The van der Waals surface area contributed by atoms with Crippen LogP contribution in [0.1, 0.15) is 5.56 Å². The first-order chi connectivity index (χ1) is 10.4. The van der Waals surface area contributed by atoms with Crippen molar-refractivity contribution in [3.63, 3.8) is 0 Å². The standard InChI is InChI=1S/C13H7F3N4O2/c14-13(15,16)10-2-1-3-11-9(10)7-18-19(11)8-4-5-12(17-6-8)20(21)22/h1-7H. The van der Waals surface area contributed by atoms with Crippen LogP contribution in [0.2, 0.25) is 0 Å². The van der Waals surface area contributed by atoms with Gasteiger partial charge in [0.1, 0.15) is 5.69 Å². The third-order valence-electron chi connectivity index (χ3n) is 3.08. The maximum absolute atomic E-state index is 12.9. The molecular weight excluding hydrogens is 301 g/mol. The molecule has 9 heteroatoms. The summed E-state index contributed by atoms with van der Waals surface area (Å²) < 4.78 is 40.1. The summed E-state index contributed by atoms with van der Waals surface area (Å²) in [6.45, 7) is 0. The van der Waals surface area contributed by atoms with Gasteiger partial charge in [-0.3, -0.25) is 0 Å². The molecule has 0 radical (unpaired) electrons. The van der Waals surface area contributed by atoms with Crippen LogP contribution in [0.15, 0.2) is 42.7 Å². The van der Waals surface area contributed by atoms with Gasteiger partial charge in [0.2, 0.25) is 0 Å². The number of hydrogen-bond acceptors (Lipinski definition) is 4. The number of alkyl halides is 3. The molecule has 0 N–H and O–H groups in total. The van der Waals surface area contributed by atoms with Crippen LogP contribution in [0.3, 0.4) is 0 Å². The fourth-order valence-corrected chi connectivity index (χ4v) is 2.12. The fraction of sp³-hybridized carbons (Fsp3) is 0.0769. The number of pyridine rings is 1. The van der Waals surface area contributed by atoms with E-state index in [1.165, 1.54) is 29.1 Å². The molecule has 0 aliphatic heterocycles. The van der Waals surface area contributed by atoms with Gasteiger partial charge in [-0.05, 0) is 28.1 Å². The largest absolute Gasteiger partial charge is 0.417 e. The first-order valence-corrected chi connectivity index (χ1v) is 6.02. The number of halogens is 3. The smallest absolute Gasteiger partial charge is 0.358 e. The van der Waals surface area contributed by atoms with Crippen molar-refractivity contribution < 1.29 is 18.1 Å². The van der Waals surface area contributed by atoms with E-state index in [0.29, 0.717) is 5.69 Å². The minimum atomic E-state index is -4.49. The van der Waals surface area contributed by atoms with E-state index >= 15 is 0 Å². The van der Waals surface area contributed by atoms with Crippen LogP contribution in [-0.2, 0) is 6.18 Å². The molecule has 6 nitrogen and oxygen atoms in total. The van der Waals surface area contributed by atoms with Crippen molar-refractivity contribution in [2.75, 3.05) is 0 Å². The average molecular weight is 308 g/mol. The van der Waals surface area contributed by atoms with Crippen LogP contribution in [0, 0.1) is 10.1 Å². The Morgan fingerprint density at radius 2 is 1.91 bits per heavy atom. The van der Waals surface area contributed by atoms with Crippen LogP contribution in [0.25, 0.3) is 16.6 Å². The molecule has 1 aromatic carbocycles. The van der Waals surface area contributed by atoms with Crippen LogP contribution in [0.5, 0.6) is 0 Å². The summed E-state index contributed by atoms with van der Waals surface area (Å²) in [5.74, 6) is -0.351. The number of aromatic nitrogens is 3. The van der Waals surface area contributed by atoms with Crippen molar-refractivity contribution in [3.8, 4) is 5.69 Å². The zero-order valence-electron chi connectivity index (χ0n) is 10.8. The Balaban J connectivity index is 2.15. The Morgan fingerprint density at radius 1 is 1.14 bits per heavy atom. The topological polar surface area (TPSA) is 73.8 Å². The second-order valence-corrected chi connectivity index (χ2v) is 4.42. The van der Waals surface area contributed by atoms with Crippen LogP contribution in [0.4, 0.5) is 19.0 Å². The molecule has 0 amide bonds. The SMILES string of the molecule is O=[N+]([O-])c1ccc(-n2ncc3c(C(F)(F)F)cccc32)cn1. The summed E-state index contributed by atoms with van der Waals surface area (Å²) in [4.78, 5) is 13.5. The number of fused-ring (bicyclic) bond motifs is 1. The highest BCUT2D eigenvalue weighted by Crippen LogP contribution is 2.35. The highest BCUT2D eigenvalue weighted by molar-refractivity contribution is 5.84. The van der Waals surface area contributed by atoms with E-state index in [1.807, 2.05) is 0 Å². The van der Waals surface area contributed by atoms with Gasteiger partial charge >= 0.3 is 12.0 Å². The normalized spacial score (nSPS) is 11.8. The highest BCUT2D eigenvalue weighted by Gasteiger charge is 2.33. The predicted octanol–water partition coefficient (Wildman–Crippen LogP) is 3.35. The predicted molar refractivity (Wildman–Crippen MR) is 70.5 cm³/mol. The zero-order chi connectivity index (χ0) is 15.9. The van der Waals surface area contributed by atoms with E-state index < -0.39 is 16.7 Å². The molecule has 3 rings (SSSR count). The van der Waals surface area contributed by atoms with E-state index in [9.17, 15) is 23.3 Å². The molecular formula is C13H7F3N4O2. The van der Waals surface area contributed by atoms with E-state index in [0.717, 1.165) is 18.3 Å². The Labute approximate surface area is 121 Å². The minimum Gasteiger partial charge on any atom is -0.358 e. The van der Waals surface area contributed by atoms with Gasteiger partial charge in [-0.1, -0.05) is 6.07 Å². The minimum absolute atomic E-state index is 0.0478. The van der Waals surface area contributed by atoms with Crippen molar-refractivity contribution in [1.82, 2.24) is 14.8 Å². The van der Waals surface area contributed by atoms with E-state index in [1.54, 1.807) is 0 Å². The number of rotatable bonds is 2. The Kier molecular flexibility index (Phi) is 3.05. The van der Waals surface area contributed by atoms with E-state index in [4.69, 9.17) is 0 Å². The molecule has 0 aliphatic rings. The molecule has 0 fully saturated rings. The van der Waals surface area contributed by atoms with E-state index in [-0.39, 0.29) is 16.7 Å². The summed E-state index contributed by atoms with van der Waals surface area (Å²) in [5.41, 5.74) is -0.212. The van der Waals surface area contributed by atoms with Gasteiger partial charge in [0.15, 0.2) is 6.20 Å². The zero-order valence-corrected chi connectivity index (χ0v) is 10.8. The van der Waals surface area contributed by atoms with Gasteiger partial charge < -0.3 is 10.1 Å². The number of hydrogen-bond donors (Lipinski definition) is 0. The Morgan fingerprint density at radius 3 is 2.50 bits per heavy atom. The Bertz CT molecular complexity index is 856. The first-order valence-electron chi connectivity index (χ1n) is 6.02. The molecule has 0 atom stereocenters. The summed E-state index contributed by atoms with van der Waals surface area (Å²) in [6, 6.07) is 6.28. The molecule has 0 unspecified atom stereocenters. The van der Waals surface area contributed by atoms with Gasteiger partial charge in [0, 0.05) is 11.5 Å². The van der Waals surface area contributed by atoms with Crippen molar-refractivity contribution in [1.29, 1.82) is 0 Å². The lowest BCUT2D eigenvalue weighted by Gasteiger charge is -2.08. The van der Waals surface area contributed by atoms with Crippen molar-refractivity contribution >= 4 is 16.7 Å². The lowest BCUT2D eigenvalue weighted by Crippen LogP contribution is -2.05. The second-order valence-electron chi connectivity index (χ2n) is 4.42. The Hall–Kier alpha value is -2.97. The van der Waals surface area contributed by atoms with Gasteiger partial charge in [-0.25, -0.2) is 4.68 Å². The maximum atomic E-state index is 12.9. The summed E-state index contributed by atoms with van der Waals surface area (Å²) in [6.07, 6.45) is -2.19. The number of nitrogens with zero attached hydrogens (tertiary/aromatic N) is 4. The van der Waals surface area contributed by atoms with Crippen molar-refractivity contribution in [2.24, 2.45) is 0 Å². The van der Waals surface area contributed by atoms with Crippen molar-refractivity contribution in [3.05, 3.63) is 58.4 Å². The molecule has 2 heterocycles. The van der Waals surface area contributed by atoms with Crippen LogP contribution < -0.4 is 0 Å². The summed E-state index contributed by atoms with van der Waals surface area (Å²) in [7, 11) is 0. The van der Waals surface area contributed by atoms with E-state index in [2.05, 4.69) is 10.1 Å². The third-order valence-corrected chi connectivity index (χ3v) is 3.08. The molecule has 2 aromatic heterocycles. The lowest BCUT2D eigenvalue weighted by atomic mass is 10.1. The fourth-order valence-electron chi connectivity index (χ4n) is 2.12. The van der Waals surface area contributed by atoms with Gasteiger partial charge in [-0.2, -0.15) is 18.3 Å². The molecule has 0 saturated heterocycles. The highest BCUT2D eigenvalue weighted by atomic mass is 19.4. The first kappa shape index (κ1) is 14.0. The second kappa shape index (κ2) is 4.79. The van der Waals surface area contributed by atoms with Crippen LogP contribution >= 0.6 is 0 Å². The molecule has 22 heavy (non-hydrogen) atoms. The molecule has 0 spiro atoms. The van der Waals surface area contributed by atoms with Crippen molar-refractivity contribution in [2.45, 2.75) is 6.18 Å². The number of nitro groups is 1. The van der Waals surface area contributed by atoms with Gasteiger partial charge in [-0.15, -0.1) is 0 Å². The van der Waals surface area contributed by atoms with Gasteiger partial charge in [0.05, 0.1) is 17.3 Å². The quantitative estimate of drug-likeness (QED) is 0.537.